The Kier molecular flexibility index (Phi) is 2.27. The molecule has 0 aliphatic heterocycles. The lowest BCUT2D eigenvalue weighted by molar-refractivity contribution is 0.824. The minimum atomic E-state index is 0. The van der Waals surface area contributed by atoms with Gasteiger partial charge in [0, 0.05) is 10.8 Å². The van der Waals surface area contributed by atoms with Gasteiger partial charge in [0.1, 0.15) is 5.52 Å². The Labute approximate surface area is 85.9 Å². The van der Waals surface area contributed by atoms with Gasteiger partial charge in [-0.2, -0.15) is 0 Å². The Morgan fingerprint density at radius 3 is 2.60 bits per heavy atom. The molecule has 4 heteroatoms. The summed E-state index contributed by atoms with van der Waals surface area (Å²) in [5.41, 5.74) is 0.915. The van der Waals surface area contributed by atoms with Crippen LogP contribution in [0.1, 0.15) is 0 Å². The van der Waals surface area contributed by atoms with Crippen molar-refractivity contribution >= 4 is 21.7 Å². The average Bonchev–Trinajstić information content (AvgIpc) is 2.29. The van der Waals surface area contributed by atoms with Crippen molar-refractivity contribution in [1.29, 1.82) is 0 Å². The largest absolute Gasteiger partial charge is 0.412 e. The fourth-order valence-corrected chi connectivity index (χ4v) is 1.65. The van der Waals surface area contributed by atoms with Gasteiger partial charge in [-0.05, 0) is 10.6 Å². The third kappa shape index (κ3) is 1.41. The van der Waals surface area contributed by atoms with Gasteiger partial charge in [-0.15, -0.1) is 10.2 Å². The van der Waals surface area contributed by atoms with Crippen LogP contribution in [0.4, 0.5) is 0 Å². The Morgan fingerprint density at radius 1 is 0.867 bits per heavy atom. The Morgan fingerprint density at radius 2 is 1.67 bits per heavy atom. The molecule has 0 amide bonds. The van der Waals surface area contributed by atoms with Crippen LogP contribution >= 0.6 is 0 Å². The standard InChI is InChI=1S/C11H7N3.H2O/c1-2-4-10-8(3-1)5-6-9-7-12-14-13-11(9)10;/h1-7H;1H2. The molecule has 0 spiro atoms. The molecule has 0 saturated carbocycles. The van der Waals surface area contributed by atoms with E-state index in [1.54, 1.807) is 6.20 Å². The van der Waals surface area contributed by atoms with E-state index in [0.717, 1.165) is 16.3 Å². The summed E-state index contributed by atoms with van der Waals surface area (Å²) in [6.07, 6.45) is 1.73. The average molecular weight is 199 g/mol. The SMILES string of the molecule is O.c1ccc2c(c1)ccc1cnnnc12. The van der Waals surface area contributed by atoms with Gasteiger partial charge < -0.3 is 5.48 Å². The first kappa shape index (κ1) is 9.48. The van der Waals surface area contributed by atoms with E-state index in [4.69, 9.17) is 0 Å². The van der Waals surface area contributed by atoms with Crippen LogP contribution in [0.5, 0.6) is 0 Å². The van der Waals surface area contributed by atoms with Crippen LogP contribution in [-0.2, 0) is 0 Å². The van der Waals surface area contributed by atoms with Gasteiger partial charge in [0.05, 0.1) is 6.20 Å². The topological polar surface area (TPSA) is 70.2 Å². The molecule has 4 nitrogen and oxygen atoms in total. The first-order valence-corrected chi connectivity index (χ1v) is 4.41. The maximum atomic E-state index is 4.05. The summed E-state index contributed by atoms with van der Waals surface area (Å²) in [7, 11) is 0. The summed E-state index contributed by atoms with van der Waals surface area (Å²) in [4.78, 5) is 0. The highest BCUT2D eigenvalue weighted by molar-refractivity contribution is 6.04. The molecular weight excluding hydrogens is 190 g/mol. The van der Waals surface area contributed by atoms with Crippen molar-refractivity contribution in [3.8, 4) is 0 Å². The van der Waals surface area contributed by atoms with Crippen molar-refractivity contribution in [3.63, 3.8) is 0 Å². The molecule has 3 aromatic rings. The van der Waals surface area contributed by atoms with Crippen LogP contribution in [0, 0.1) is 0 Å². The minimum absolute atomic E-state index is 0. The quantitative estimate of drug-likeness (QED) is 0.513. The number of rotatable bonds is 0. The second-order valence-electron chi connectivity index (χ2n) is 3.16. The predicted octanol–water partition coefficient (Wildman–Crippen LogP) is 1.35. The van der Waals surface area contributed by atoms with Crippen molar-refractivity contribution in [1.82, 2.24) is 15.4 Å². The molecule has 2 N–H and O–H groups in total. The second-order valence-corrected chi connectivity index (χ2v) is 3.16. The fraction of sp³-hybridized carbons (Fsp3) is 0. The van der Waals surface area contributed by atoms with Crippen LogP contribution in [-0.4, -0.2) is 20.9 Å². The lowest BCUT2D eigenvalue weighted by atomic mass is 10.1. The van der Waals surface area contributed by atoms with Crippen LogP contribution in [0.25, 0.3) is 21.7 Å². The summed E-state index contributed by atoms with van der Waals surface area (Å²) in [6, 6.07) is 12.2. The second kappa shape index (κ2) is 3.59. The highest BCUT2D eigenvalue weighted by Crippen LogP contribution is 2.21. The van der Waals surface area contributed by atoms with Gasteiger partial charge in [0.25, 0.3) is 0 Å². The van der Waals surface area contributed by atoms with Gasteiger partial charge in [-0.1, -0.05) is 36.4 Å². The molecule has 74 valence electrons. The van der Waals surface area contributed by atoms with Crippen LogP contribution in [0.2, 0.25) is 0 Å². The molecule has 1 heterocycles. The number of aromatic nitrogens is 3. The zero-order valence-corrected chi connectivity index (χ0v) is 7.88. The molecule has 2 aromatic carbocycles. The van der Waals surface area contributed by atoms with E-state index < -0.39 is 0 Å². The molecule has 0 fully saturated rings. The van der Waals surface area contributed by atoms with E-state index in [0.29, 0.717) is 0 Å². The van der Waals surface area contributed by atoms with Crippen molar-refractivity contribution in [2.24, 2.45) is 0 Å². The summed E-state index contributed by atoms with van der Waals surface area (Å²) in [5, 5.41) is 14.8. The highest BCUT2D eigenvalue weighted by atomic mass is 16.0. The van der Waals surface area contributed by atoms with Gasteiger partial charge in [-0.3, -0.25) is 0 Å². The van der Waals surface area contributed by atoms with E-state index in [9.17, 15) is 0 Å². The molecule has 0 radical (unpaired) electrons. The van der Waals surface area contributed by atoms with Crippen molar-refractivity contribution in [2.45, 2.75) is 0 Å². The zero-order valence-electron chi connectivity index (χ0n) is 7.88. The molecule has 15 heavy (non-hydrogen) atoms. The van der Waals surface area contributed by atoms with Crippen molar-refractivity contribution in [3.05, 3.63) is 42.6 Å². The third-order valence-electron chi connectivity index (χ3n) is 2.32. The Hall–Kier alpha value is -2.07. The van der Waals surface area contributed by atoms with E-state index in [1.807, 2.05) is 24.3 Å². The minimum Gasteiger partial charge on any atom is -0.412 e. The lowest BCUT2D eigenvalue weighted by Gasteiger charge is -1.99. The smallest absolute Gasteiger partial charge is 0.104 e. The monoisotopic (exact) mass is 199 g/mol. The maximum absolute atomic E-state index is 4.05. The molecule has 0 atom stereocenters. The Balaban J connectivity index is 0.000000853. The van der Waals surface area contributed by atoms with Crippen molar-refractivity contribution < 1.29 is 5.48 Å². The van der Waals surface area contributed by atoms with Crippen LogP contribution in [0.15, 0.2) is 42.6 Å². The summed E-state index contributed by atoms with van der Waals surface area (Å²) < 4.78 is 0. The first-order chi connectivity index (χ1) is 6.95. The van der Waals surface area contributed by atoms with E-state index in [1.165, 1.54) is 5.39 Å². The van der Waals surface area contributed by atoms with Gasteiger partial charge in [-0.25, -0.2) is 0 Å². The molecule has 0 unspecified atom stereocenters. The molecule has 0 saturated heterocycles. The van der Waals surface area contributed by atoms with E-state index in [-0.39, 0.29) is 5.48 Å². The summed E-state index contributed by atoms with van der Waals surface area (Å²) >= 11 is 0. The number of fused-ring (bicyclic) bond motifs is 3. The molecule has 0 bridgehead atoms. The zero-order chi connectivity index (χ0) is 9.38. The highest BCUT2D eigenvalue weighted by Gasteiger charge is 2.00. The predicted molar refractivity (Wildman–Crippen MR) is 58.5 cm³/mol. The third-order valence-corrected chi connectivity index (χ3v) is 2.32. The van der Waals surface area contributed by atoms with Crippen LogP contribution < -0.4 is 0 Å². The van der Waals surface area contributed by atoms with E-state index in [2.05, 4.69) is 27.5 Å². The summed E-state index contributed by atoms with van der Waals surface area (Å²) in [6.45, 7) is 0. The van der Waals surface area contributed by atoms with Gasteiger partial charge >= 0.3 is 0 Å². The number of benzene rings is 2. The maximum Gasteiger partial charge on any atom is 0.104 e. The molecular formula is C11H9N3O. The number of nitrogens with zero attached hydrogens (tertiary/aromatic N) is 3. The molecule has 0 aliphatic carbocycles. The van der Waals surface area contributed by atoms with E-state index >= 15 is 0 Å². The van der Waals surface area contributed by atoms with Gasteiger partial charge in [0.15, 0.2) is 0 Å². The number of hydrogen-bond acceptors (Lipinski definition) is 3. The lowest BCUT2D eigenvalue weighted by Crippen LogP contribution is -1.87. The Bertz CT molecular complexity index is 555. The molecule has 1 aromatic heterocycles. The molecule has 3 rings (SSSR count). The fourth-order valence-electron chi connectivity index (χ4n) is 1.65. The normalized spacial score (nSPS) is 10.1. The number of hydrogen-bond donors (Lipinski definition) is 0. The molecule has 0 aliphatic rings. The van der Waals surface area contributed by atoms with Gasteiger partial charge in [0.2, 0.25) is 0 Å². The first-order valence-electron chi connectivity index (χ1n) is 4.41. The van der Waals surface area contributed by atoms with Crippen LogP contribution in [0.3, 0.4) is 0 Å². The van der Waals surface area contributed by atoms with Crippen molar-refractivity contribution in [2.75, 3.05) is 0 Å². The summed E-state index contributed by atoms with van der Waals surface area (Å²) in [5.74, 6) is 0.